The van der Waals surface area contributed by atoms with Gasteiger partial charge in [-0.1, -0.05) is 12.1 Å². The third-order valence-corrected chi connectivity index (χ3v) is 8.72. The van der Waals surface area contributed by atoms with Crippen molar-refractivity contribution in [1.29, 1.82) is 5.26 Å². The summed E-state index contributed by atoms with van der Waals surface area (Å²) in [5, 5.41) is 13.4. The summed E-state index contributed by atoms with van der Waals surface area (Å²) in [5.41, 5.74) is 7.73. The molecule has 2 heterocycles. The Morgan fingerprint density at radius 1 is 0.851 bits per heavy atom. The number of nitriles is 1. The van der Waals surface area contributed by atoms with Crippen LogP contribution in [0.15, 0.2) is 65.0 Å². The number of nitrogens with one attached hydrogen (secondary N) is 1. The number of fused-ring (bicyclic) bond motifs is 1. The van der Waals surface area contributed by atoms with E-state index in [0.29, 0.717) is 51.3 Å². The molecular weight excluding hydrogens is 624 g/mol. The summed E-state index contributed by atoms with van der Waals surface area (Å²) in [5.74, 6) is 1.06. The van der Waals surface area contributed by atoms with Gasteiger partial charge in [-0.2, -0.15) is 5.26 Å². The fourth-order valence-electron chi connectivity index (χ4n) is 5.32. The highest BCUT2D eigenvalue weighted by Crippen LogP contribution is 2.41. The zero-order valence-electron chi connectivity index (χ0n) is 26.5. The van der Waals surface area contributed by atoms with Gasteiger partial charge in [0.05, 0.1) is 76.0 Å². The molecule has 4 aromatic rings. The van der Waals surface area contributed by atoms with Crippen molar-refractivity contribution in [3.05, 3.63) is 90.8 Å². The highest BCUT2D eigenvalue weighted by atomic mass is 32.1. The summed E-state index contributed by atoms with van der Waals surface area (Å²) in [4.78, 5) is 28.3. The fourth-order valence-corrected chi connectivity index (χ4v) is 6.49. The Morgan fingerprint density at radius 2 is 1.49 bits per heavy atom. The average molecular weight is 657 g/mol. The van der Waals surface area contributed by atoms with E-state index in [1.165, 1.54) is 47.2 Å². The van der Waals surface area contributed by atoms with Crippen LogP contribution in [0.2, 0.25) is 0 Å². The summed E-state index contributed by atoms with van der Waals surface area (Å²) in [6.07, 6.45) is 1.66. The second kappa shape index (κ2) is 13.6. The van der Waals surface area contributed by atoms with Gasteiger partial charge in [-0.15, -0.1) is 11.3 Å². The number of hydrogen-bond donors (Lipinski definition) is 2. The van der Waals surface area contributed by atoms with Crippen LogP contribution in [0, 0.1) is 11.3 Å². The number of nitrogens with two attached hydrogens (primary N) is 1. The standard InChI is InChI=1S/C34H32N4O8S/c1-41-20-9-10-22(25(16-20)44-4)37-32(39)30-29(19-8-12-24(43-3)27(15-19)46-6)21(17-35)31(36)38-33(40)28(47-34(30)38)14-18-7-11-23(42-2)26(13-18)45-5/h7-16,29H,36H2,1-6H3,(H,37,39)/b28-14-. The maximum absolute atomic E-state index is 14.4. The third kappa shape index (κ3) is 5.94. The Morgan fingerprint density at radius 3 is 2.11 bits per heavy atom. The van der Waals surface area contributed by atoms with E-state index in [9.17, 15) is 14.9 Å². The molecule has 0 fully saturated rings. The topological polar surface area (TPSA) is 156 Å². The third-order valence-electron chi connectivity index (χ3n) is 7.62. The number of benzene rings is 3. The predicted molar refractivity (Wildman–Crippen MR) is 178 cm³/mol. The van der Waals surface area contributed by atoms with Gasteiger partial charge in [-0.25, -0.2) is 0 Å². The number of allylic oxidation sites excluding steroid dienone is 1. The van der Waals surface area contributed by atoms with Crippen molar-refractivity contribution in [1.82, 2.24) is 4.57 Å². The van der Waals surface area contributed by atoms with Crippen LogP contribution in [0.3, 0.4) is 0 Å². The molecule has 1 aliphatic rings. The molecule has 1 amide bonds. The van der Waals surface area contributed by atoms with E-state index in [4.69, 9.17) is 34.2 Å². The maximum atomic E-state index is 14.4. The summed E-state index contributed by atoms with van der Waals surface area (Å²) in [6.45, 7) is 0. The molecule has 0 aliphatic carbocycles. The molecular formula is C34H32N4O8S. The number of nitrogens with zero attached hydrogens (tertiary/aromatic N) is 2. The van der Waals surface area contributed by atoms with Crippen LogP contribution >= 0.6 is 11.3 Å². The largest absolute Gasteiger partial charge is 0.497 e. The number of ether oxygens (including phenoxy) is 6. The van der Waals surface area contributed by atoms with E-state index >= 15 is 0 Å². The predicted octanol–water partition coefficient (Wildman–Crippen LogP) is 3.03. The molecule has 1 unspecified atom stereocenters. The van der Waals surface area contributed by atoms with Gasteiger partial charge in [-0.3, -0.25) is 14.2 Å². The van der Waals surface area contributed by atoms with Crippen molar-refractivity contribution < 1.29 is 33.2 Å². The van der Waals surface area contributed by atoms with Gasteiger partial charge in [0.2, 0.25) is 0 Å². The van der Waals surface area contributed by atoms with Crippen LogP contribution in [0.5, 0.6) is 34.5 Å². The number of hydrogen-bond acceptors (Lipinski definition) is 11. The number of carbonyl (C=O) groups is 1. The number of aromatic nitrogens is 1. The van der Waals surface area contributed by atoms with E-state index < -0.39 is 17.4 Å². The molecule has 0 spiro atoms. The van der Waals surface area contributed by atoms with Crippen LogP contribution in [0.25, 0.3) is 17.5 Å². The van der Waals surface area contributed by atoms with Crippen LogP contribution in [-0.2, 0) is 4.79 Å². The molecule has 0 bridgehead atoms. The van der Waals surface area contributed by atoms with Gasteiger partial charge in [-0.05, 0) is 53.6 Å². The molecule has 13 heteroatoms. The molecule has 0 saturated heterocycles. The zero-order valence-corrected chi connectivity index (χ0v) is 27.3. The number of amides is 1. The minimum Gasteiger partial charge on any atom is -0.497 e. The molecule has 3 aromatic carbocycles. The molecule has 1 aliphatic heterocycles. The monoisotopic (exact) mass is 656 g/mol. The Balaban J connectivity index is 1.81. The van der Waals surface area contributed by atoms with Crippen molar-refractivity contribution in [2.24, 2.45) is 5.73 Å². The van der Waals surface area contributed by atoms with Crippen LogP contribution in [-0.4, -0.2) is 53.1 Å². The Bertz CT molecular complexity index is 2130. The molecule has 1 atom stereocenters. The van der Waals surface area contributed by atoms with Crippen LogP contribution in [0.4, 0.5) is 5.69 Å². The first kappa shape index (κ1) is 32.5. The van der Waals surface area contributed by atoms with Crippen molar-refractivity contribution in [2.75, 3.05) is 48.0 Å². The first-order chi connectivity index (χ1) is 22.7. The van der Waals surface area contributed by atoms with Gasteiger partial charge in [0.15, 0.2) is 23.0 Å². The minimum atomic E-state index is -0.976. The van der Waals surface area contributed by atoms with E-state index in [0.717, 1.165) is 11.3 Å². The fraction of sp³-hybridized carbons (Fsp3) is 0.206. The molecule has 242 valence electrons. The van der Waals surface area contributed by atoms with Gasteiger partial charge in [0.1, 0.15) is 22.0 Å². The summed E-state index contributed by atoms with van der Waals surface area (Å²) in [7, 11) is 9.02. The van der Waals surface area contributed by atoms with E-state index in [1.54, 1.807) is 60.7 Å². The molecule has 12 nitrogen and oxygen atoms in total. The first-order valence-electron chi connectivity index (χ1n) is 14.1. The lowest BCUT2D eigenvalue weighted by Gasteiger charge is -2.26. The number of carbonyl (C=O) groups excluding carboxylic acids is 1. The lowest BCUT2D eigenvalue weighted by atomic mass is 9.83. The summed E-state index contributed by atoms with van der Waals surface area (Å²) in [6, 6.07) is 17.4. The number of anilines is 1. The first-order valence-corrected chi connectivity index (χ1v) is 14.9. The van der Waals surface area contributed by atoms with Crippen molar-refractivity contribution in [2.45, 2.75) is 5.92 Å². The smallest absolute Gasteiger partial charge is 0.274 e. The van der Waals surface area contributed by atoms with E-state index in [1.807, 2.05) is 0 Å². The Kier molecular flexibility index (Phi) is 9.43. The number of rotatable bonds is 10. The molecule has 47 heavy (non-hydrogen) atoms. The Hall–Kier alpha value is -5.87. The highest BCUT2D eigenvalue weighted by molar-refractivity contribution is 7.07. The molecule has 1 aromatic heterocycles. The molecule has 0 saturated carbocycles. The minimum absolute atomic E-state index is 0.00846. The van der Waals surface area contributed by atoms with E-state index in [-0.39, 0.29) is 26.2 Å². The molecule has 5 rings (SSSR count). The normalized spacial score (nSPS) is 14.2. The second-order valence-corrected chi connectivity index (χ2v) is 11.1. The Labute approximate surface area is 274 Å². The van der Waals surface area contributed by atoms with Crippen molar-refractivity contribution >= 4 is 40.4 Å². The van der Waals surface area contributed by atoms with Gasteiger partial charge in [0.25, 0.3) is 11.5 Å². The van der Waals surface area contributed by atoms with Gasteiger partial charge >= 0.3 is 0 Å². The number of thiazole rings is 1. The van der Waals surface area contributed by atoms with E-state index in [2.05, 4.69) is 11.4 Å². The van der Waals surface area contributed by atoms with Gasteiger partial charge in [0, 0.05) is 6.07 Å². The quantitative estimate of drug-likeness (QED) is 0.260. The maximum Gasteiger partial charge on any atom is 0.274 e. The van der Waals surface area contributed by atoms with Crippen LogP contribution < -0.4 is 54.2 Å². The van der Waals surface area contributed by atoms with Gasteiger partial charge < -0.3 is 39.5 Å². The lowest BCUT2D eigenvalue weighted by Crippen LogP contribution is -2.40. The summed E-state index contributed by atoms with van der Waals surface area (Å²) >= 11 is 1.07. The van der Waals surface area contributed by atoms with Crippen molar-refractivity contribution in [3.63, 3.8) is 0 Å². The second-order valence-electron chi connectivity index (χ2n) is 10.1. The van der Waals surface area contributed by atoms with Crippen LogP contribution in [0.1, 0.15) is 17.0 Å². The zero-order chi connectivity index (χ0) is 33.8. The number of methoxy groups -OCH3 is 6. The lowest BCUT2D eigenvalue weighted by molar-refractivity contribution is -0.111. The molecule has 3 N–H and O–H groups in total. The molecule has 0 radical (unpaired) electrons. The van der Waals surface area contributed by atoms with Crippen molar-refractivity contribution in [3.8, 4) is 40.6 Å². The SMILES string of the molecule is COc1ccc(NC(=O)C2=c3s/c(=C\c4ccc(OC)c(OC)c4)c(=O)n3C(N)=C(C#N)C2c2ccc(OC)c(OC)c2)c(OC)c1. The summed E-state index contributed by atoms with van der Waals surface area (Å²) < 4.78 is 34.2. The highest BCUT2D eigenvalue weighted by Gasteiger charge is 2.36. The average Bonchev–Trinajstić information content (AvgIpc) is 3.42.